The molecule has 0 fully saturated rings. The van der Waals surface area contributed by atoms with E-state index in [9.17, 15) is 0 Å². The standard InChI is InChI=1S/C6H13N3/c1-6(2)4-5-8-9(3)7/h4-5,8H,1,7H2,2-3H3/b5-4-. The number of hydrogen-bond acceptors (Lipinski definition) is 3. The first kappa shape index (κ1) is 8.20. The molecule has 0 aromatic heterocycles. The third-order valence-corrected chi connectivity index (χ3v) is 0.646. The maximum absolute atomic E-state index is 5.22. The number of nitrogens with one attached hydrogen (secondary N) is 1. The van der Waals surface area contributed by atoms with Gasteiger partial charge in [0.15, 0.2) is 0 Å². The average Bonchev–Trinajstić information content (AvgIpc) is 1.63. The maximum Gasteiger partial charge on any atom is 0.0222 e. The monoisotopic (exact) mass is 127 g/mol. The number of rotatable bonds is 3. The van der Waals surface area contributed by atoms with Crippen molar-refractivity contribution in [3.63, 3.8) is 0 Å². The summed E-state index contributed by atoms with van der Waals surface area (Å²) in [4.78, 5) is 0. The molecular formula is C6H13N3. The van der Waals surface area contributed by atoms with Gasteiger partial charge in [-0.2, -0.15) is 5.12 Å². The Morgan fingerprint density at radius 1 is 1.78 bits per heavy atom. The Balaban J connectivity index is 3.36. The van der Waals surface area contributed by atoms with Gasteiger partial charge in [-0.1, -0.05) is 12.2 Å². The van der Waals surface area contributed by atoms with Crippen molar-refractivity contribution < 1.29 is 0 Å². The molecule has 0 unspecified atom stereocenters. The van der Waals surface area contributed by atoms with Crippen molar-refractivity contribution in [2.75, 3.05) is 7.05 Å². The van der Waals surface area contributed by atoms with E-state index in [1.165, 1.54) is 5.12 Å². The van der Waals surface area contributed by atoms with E-state index in [-0.39, 0.29) is 0 Å². The van der Waals surface area contributed by atoms with Crippen LogP contribution in [-0.4, -0.2) is 12.2 Å². The molecule has 3 nitrogen and oxygen atoms in total. The predicted octanol–water partition coefficient (Wildman–Crippen LogP) is 0.386. The molecule has 0 aliphatic carbocycles. The highest BCUT2D eigenvalue weighted by molar-refractivity contribution is 5.09. The number of nitrogens with two attached hydrogens (primary N) is 1. The summed E-state index contributed by atoms with van der Waals surface area (Å²) in [5, 5.41) is 1.36. The highest BCUT2D eigenvalue weighted by atomic mass is 15.6. The minimum absolute atomic E-state index is 0.990. The lowest BCUT2D eigenvalue weighted by atomic mass is 10.3. The Labute approximate surface area is 55.8 Å². The minimum atomic E-state index is 0.990. The quantitative estimate of drug-likeness (QED) is 0.327. The molecule has 0 atom stereocenters. The van der Waals surface area contributed by atoms with Gasteiger partial charge in [0.25, 0.3) is 0 Å². The molecule has 0 aliphatic rings. The Morgan fingerprint density at radius 3 is 2.67 bits per heavy atom. The summed E-state index contributed by atoms with van der Waals surface area (Å²) in [6.07, 6.45) is 3.56. The van der Waals surface area contributed by atoms with Crippen molar-refractivity contribution in [1.82, 2.24) is 10.5 Å². The average molecular weight is 127 g/mol. The fraction of sp³-hybridized carbons (Fsp3) is 0.333. The first-order valence-electron chi connectivity index (χ1n) is 2.69. The summed E-state index contributed by atoms with van der Waals surface area (Å²) >= 11 is 0. The van der Waals surface area contributed by atoms with Crippen molar-refractivity contribution in [3.8, 4) is 0 Å². The van der Waals surface area contributed by atoms with Crippen LogP contribution in [-0.2, 0) is 0 Å². The van der Waals surface area contributed by atoms with Gasteiger partial charge in [-0.15, -0.1) is 0 Å². The summed E-state index contributed by atoms with van der Waals surface area (Å²) < 4.78 is 0. The van der Waals surface area contributed by atoms with Crippen LogP contribution < -0.4 is 11.3 Å². The van der Waals surface area contributed by atoms with E-state index in [0.29, 0.717) is 0 Å². The topological polar surface area (TPSA) is 41.3 Å². The van der Waals surface area contributed by atoms with Gasteiger partial charge in [-0.3, -0.25) is 5.84 Å². The number of hydrogen-bond donors (Lipinski definition) is 2. The van der Waals surface area contributed by atoms with Crippen LogP contribution in [0.2, 0.25) is 0 Å². The summed E-state index contributed by atoms with van der Waals surface area (Å²) in [6.45, 7) is 5.58. The molecule has 0 saturated heterocycles. The predicted molar refractivity (Wildman–Crippen MR) is 39.0 cm³/mol. The second-order valence-corrected chi connectivity index (χ2v) is 1.92. The highest BCUT2D eigenvalue weighted by Crippen LogP contribution is 1.85. The maximum atomic E-state index is 5.22. The normalized spacial score (nSPS) is 10.7. The van der Waals surface area contributed by atoms with E-state index < -0.39 is 0 Å². The van der Waals surface area contributed by atoms with Crippen molar-refractivity contribution >= 4 is 0 Å². The molecule has 0 aromatic carbocycles. The lowest BCUT2D eigenvalue weighted by Gasteiger charge is -2.06. The molecule has 0 aromatic rings. The number of allylic oxidation sites excluding steroid dienone is 2. The molecule has 3 heteroatoms. The molecule has 0 rings (SSSR count). The molecule has 0 saturated carbocycles. The Hall–Kier alpha value is -0.800. The van der Waals surface area contributed by atoms with E-state index in [0.717, 1.165) is 5.57 Å². The highest BCUT2D eigenvalue weighted by Gasteiger charge is 1.76. The van der Waals surface area contributed by atoms with Crippen LogP contribution >= 0.6 is 0 Å². The van der Waals surface area contributed by atoms with Crippen LogP contribution in [0.5, 0.6) is 0 Å². The summed E-state index contributed by atoms with van der Waals surface area (Å²) in [7, 11) is 1.71. The van der Waals surface area contributed by atoms with Crippen LogP contribution in [0.3, 0.4) is 0 Å². The van der Waals surface area contributed by atoms with E-state index in [2.05, 4.69) is 12.0 Å². The molecular weight excluding hydrogens is 114 g/mol. The van der Waals surface area contributed by atoms with Gasteiger partial charge in [0.2, 0.25) is 0 Å². The first-order chi connectivity index (χ1) is 4.13. The SMILES string of the molecule is C=C(C)/C=C\NN(C)N. The fourth-order valence-corrected chi connectivity index (χ4v) is 0.297. The van der Waals surface area contributed by atoms with Crippen molar-refractivity contribution in [3.05, 3.63) is 24.4 Å². The largest absolute Gasteiger partial charge is 0.313 e. The Kier molecular flexibility index (Phi) is 3.75. The third kappa shape index (κ3) is 7.20. The molecule has 9 heavy (non-hydrogen) atoms. The molecule has 0 aliphatic heterocycles. The molecule has 0 heterocycles. The van der Waals surface area contributed by atoms with Crippen LogP contribution in [0.4, 0.5) is 0 Å². The molecule has 0 spiro atoms. The molecule has 52 valence electrons. The number of nitrogens with zero attached hydrogens (tertiary/aromatic N) is 1. The Bertz CT molecular complexity index is 115. The molecule has 3 N–H and O–H groups in total. The van der Waals surface area contributed by atoms with Crippen LogP contribution in [0, 0.1) is 0 Å². The molecule has 0 radical (unpaired) electrons. The van der Waals surface area contributed by atoms with Gasteiger partial charge in [0.05, 0.1) is 0 Å². The van der Waals surface area contributed by atoms with Gasteiger partial charge in [0.1, 0.15) is 0 Å². The molecule has 0 bridgehead atoms. The lowest BCUT2D eigenvalue weighted by molar-refractivity contribution is 0.287. The summed E-state index contributed by atoms with van der Waals surface area (Å²) in [5.74, 6) is 5.22. The van der Waals surface area contributed by atoms with Crippen LogP contribution in [0.1, 0.15) is 6.92 Å². The summed E-state index contributed by atoms with van der Waals surface area (Å²) in [5.41, 5.74) is 3.74. The number of hydrazine groups is 2. The van der Waals surface area contributed by atoms with Gasteiger partial charge < -0.3 is 5.43 Å². The van der Waals surface area contributed by atoms with Crippen LogP contribution in [0.15, 0.2) is 24.4 Å². The van der Waals surface area contributed by atoms with Crippen molar-refractivity contribution in [2.24, 2.45) is 5.84 Å². The minimum Gasteiger partial charge on any atom is -0.313 e. The van der Waals surface area contributed by atoms with E-state index in [4.69, 9.17) is 5.84 Å². The second kappa shape index (κ2) is 4.12. The van der Waals surface area contributed by atoms with E-state index in [1.807, 2.05) is 13.0 Å². The third-order valence-electron chi connectivity index (χ3n) is 0.646. The summed E-state index contributed by atoms with van der Waals surface area (Å²) in [6, 6.07) is 0. The molecule has 0 amide bonds. The zero-order valence-corrected chi connectivity index (χ0v) is 5.89. The van der Waals surface area contributed by atoms with Crippen molar-refractivity contribution in [1.29, 1.82) is 0 Å². The van der Waals surface area contributed by atoms with E-state index in [1.54, 1.807) is 13.2 Å². The van der Waals surface area contributed by atoms with Crippen molar-refractivity contribution in [2.45, 2.75) is 6.92 Å². The van der Waals surface area contributed by atoms with Gasteiger partial charge >= 0.3 is 0 Å². The van der Waals surface area contributed by atoms with Crippen LogP contribution in [0.25, 0.3) is 0 Å². The van der Waals surface area contributed by atoms with E-state index >= 15 is 0 Å². The lowest BCUT2D eigenvalue weighted by Crippen LogP contribution is -2.36. The smallest absolute Gasteiger partial charge is 0.0222 e. The zero-order chi connectivity index (χ0) is 7.28. The first-order valence-corrected chi connectivity index (χ1v) is 2.69. The van der Waals surface area contributed by atoms with Gasteiger partial charge in [-0.05, 0) is 13.0 Å². The zero-order valence-electron chi connectivity index (χ0n) is 5.89. The fourth-order valence-electron chi connectivity index (χ4n) is 0.297. The Morgan fingerprint density at radius 2 is 2.33 bits per heavy atom. The van der Waals surface area contributed by atoms with Gasteiger partial charge in [-0.25, -0.2) is 0 Å². The second-order valence-electron chi connectivity index (χ2n) is 1.92. The van der Waals surface area contributed by atoms with Gasteiger partial charge in [0, 0.05) is 13.2 Å².